The minimum absolute atomic E-state index is 0.0631. The molecule has 0 spiro atoms. The van der Waals surface area contributed by atoms with E-state index in [-0.39, 0.29) is 24.3 Å². The van der Waals surface area contributed by atoms with E-state index in [4.69, 9.17) is 9.15 Å². The van der Waals surface area contributed by atoms with Crippen LogP contribution in [-0.2, 0) is 9.59 Å². The summed E-state index contributed by atoms with van der Waals surface area (Å²) >= 11 is 0. The lowest BCUT2D eigenvalue weighted by molar-refractivity contribution is -0.126. The number of carbonyl (C=O) groups excluding carboxylic acids is 3. The number of hydrogen-bond donors (Lipinski definition) is 2. The van der Waals surface area contributed by atoms with E-state index >= 15 is 0 Å². The van der Waals surface area contributed by atoms with Crippen LogP contribution in [0, 0.1) is 0 Å². The molecule has 9 nitrogen and oxygen atoms in total. The van der Waals surface area contributed by atoms with Crippen LogP contribution in [0.5, 0.6) is 5.75 Å². The number of methoxy groups -OCH3 is 1. The van der Waals surface area contributed by atoms with E-state index in [1.807, 2.05) is 0 Å². The van der Waals surface area contributed by atoms with Crippen molar-refractivity contribution in [3.05, 3.63) is 78.5 Å². The van der Waals surface area contributed by atoms with Gasteiger partial charge < -0.3 is 19.8 Å². The number of anilines is 1. The molecule has 1 aromatic carbocycles. The van der Waals surface area contributed by atoms with Crippen LogP contribution in [0.1, 0.15) is 47.8 Å². The highest BCUT2D eigenvalue weighted by atomic mass is 16.5. The second-order valence-corrected chi connectivity index (χ2v) is 8.30. The fourth-order valence-electron chi connectivity index (χ4n) is 4.22. The molecule has 2 aromatic heterocycles. The number of nitrogens with zero attached hydrogens (tertiary/aromatic N) is 2. The van der Waals surface area contributed by atoms with Gasteiger partial charge in [0, 0.05) is 29.7 Å². The number of nitrogens with one attached hydrogen (secondary N) is 2. The zero-order chi connectivity index (χ0) is 24.6. The van der Waals surface area contributed by atoms with E-state index in [1.165, 1.54) is 17.2 Å². The molecule has 0 unspecified atom stereocenters. The molecule has 4 rings (SSSR count). The largest absolute Gasteiger partial charge is 0.497 e. The van der Waals surface area contributed by atoms with Gasteiger partial charge in [-0.1, -0.05) is 18.9 Å². The Labute approximate surface area is 203 Å². The second-order valence-electron chi connectivity index (χ2n) is 8.30. The van der Waals surface area contributed by atoms with Gasteiger partial charge in [0.1, 0.15) is 11.8 Å². The van der Waals surface area contributed by atoms with Gasteiger partial charge >= 0.3 is 0 Å². The van der Waals surface area contributed by atoms with Crippen molar-refractivity contribution in [2.75, 3.05) is 18.6 Å². The maximum absolute atomic E-state index is 13.6. The van der Waals surface area contributed by atoms with Crippen molar-refractivity contribution < 1.29 is 23.5 Å². The van der Waals surface area contributed by atoms with Gasteiger partial charge in [-0.15, -0.1) is 0 Å². The third-order valence-corrected chi connectivity index (χ3v) is 5.97. The highest BCUT2D eigenvalue weighted by Crippen LogP contribution is 2.30. The van der Waals surface area contributed by atoms with E-state index in [2.05, 4.69) is 15.6 Å². The van der Waals surface area contributed by atoms with Gasteiger partial charge in [0.15, 0.2) is 5.76 Å². The molecule has 0 aliphatic heterocycles. The summed E-state index contributed by atoms with van der Waals surface area (Å²) in [5.41, 5.74) is 1.04. The van der Waals surface area contributed by atoms with Crippen molar-refractivity contribution in [1.82, 2.24) is 15.6 Å². The van der Waals surface area contributed by atoms with Gasteiger partial charge in [0.25, 0.3) is 5.91 Å². The average molecular weight is 477 g/mol. The Balaban J connectivity index is 1.66. The lowest BCUT2D eigenvalue weighted by Crippen LogP contribution is -2.49. The molecule has 1 aliphatic carbocycles. The maximum Gasteiger partial charge on any atom is 0.287 e. The molecule has 2 heterocycles. The number of pyridine rings is 1. The van der Waals surface area contributed by atoms with Crippen molar-refractivity contribution >= 4 is 23.4 Å². The first-order valence-corrected chi connectivity index (χ1v) is 11.5. The van der Waals surface area contributed by atoms with Crippen molar-refractivity contribution in [1.29, 1.82) is 0 Å². The summed E-state index contributed by atoms with van der Waals surface area (Å²) in [6, 6.07) is 12.5. The van der Waals surface area contributed by atoms with Crippen LogP contribution in [0.15, 0.2) is 71.6 Å². The first-order chi connectivity index (χ1) is 17.1. The normalized spacial score (nSPS) is 14.2. The average Bonchev–Trinajstić information content (AvgIpc) is 3.61. The fourth-order valence-corrected chi connectivity index (χ4v) is 4.22. The van der Waals surface area contributed by atoms with Crippen LogP contribution < -0.4 is 20.3 Å². The summed E-state index contributed by atoms with van der Waals surface area (Å²) in [6.45, 7) is -0.334. The summed E-state index contributed by atoms with van der Waals surface area (Å²) in [6.07, 6.45) is 8.49. The van der Waals surface area contributed by atoms with Gasteiger partial charge in [-0.05, 0) is 55.3 Å². The molecule has 2 N–H and O–H groups in total. The van der Waals surface area contributed by atoms with Crippen LogP contribution in [0.25, 0.3) is 0 Å². The summed E-state index contributed by atoms with van der Waals surface area (Å²) < 4.78 is 10.4. The highest BCUT2D eigenvalue weighted by Gasteiger charge is 2.34. The minimum Gasteiger partial charge on any atom is -0.497 e. The number of aromatic nitrogens is 1. The molecule has 1 saturated carbocycles. The number of carbonyl (C=O) groups is 3. The molecular weight excluding hydrogens is 448 g/mol. The Bertz CT molecular complexity index is 1130. The molecule has 0 saturated heterocycles. The summed E-state index contributed by atoms with van der Waals surface area (Å²) in [5.74, 6) is -0.583. The van der Waals surface area contributed by atoms with E-state index in [0.29, 0.717) is 17.0 Å². The molecule has 182 valence electrons. The Kier molecular flexibility index (Phi) is 7.77. The first kappa shape index (κ1) is 24.0. The van der Waals surface area contributed by atoms with Gasteiger partial charge in [-0.3, -0.25) is 24.3 Å². The molecule has 35 heavy (non-hydrogen) atoms. The maximum atomic E-state index is 13.6. The zero-order valence-electron chi connectivity index (χ0n) is 19.5. The molecule has 3 amide bonds. The highest BCUT2D eigenvalue weighted by molar-refractivity contribution is 6.04. The summed E-state index contributed by atoms with van der Waals surface area (Å²) in [5, 5.41) is 5.68. The Morgan fingerprint density at radius 1 is 1.11 bits per heavy atom. The number of ether oxygens (including phenoxy) is 1. The van der Waals surface area contributed by atoms with Crippen LogP contribution in [-0.4, -0.2) is 42.4 Å². The van der Waals surface area contributed by atoms with Crippen molar-refractivity contribution in [3.8, 4) is 5.75 Å². The molecule has 3 aromatic rings. The lowest BCUT2D eigenvalue weighted by atomic mass is 10.0. The smallest absolute Gasteiger partial charge is 0.287 e. The number of amides is 3. The molecule has 1 fully saturated rings. The minimum atomic E-state index is -0.981. The number of rotatable bonds is 9. The second kappa shape index (κ2) is 11.3. The van der Waals surface area contributed by atoms with Gasteiger partial charge in [0.2, 0.25) is 11.8 Å². The van der Waals surface area contributed by atoms with E-state index in [9.17, 15) is 14.4 Å². The van der Waals surface area contributed by atoms with E-state index in [0.717, 1.165) is 25.7 Å². The van der Waals surface area contributed by atoms with E-state index in [1.54, 1.807) is 62.0 Å². The molecule has 0 radical (unpaired) electrons. The quantitative estimate of drug-likeness (QED) is 0.490. The summed E-state index contributed by atoms with van der Waals surface area (Å²) in [7, 11) is 1.55. The molecule has 0 bridgehead atoms. The standard InChI is InChI=1S/C26H28N4O5/c1-34-21-12-10-20(11-13-21)30(23(31)17-28-25(32)22-9-5-15-35-22)24(18-6-4-14-27-16-18)26(33)29-19-7-2-3-8-19/h4-6,9-16,19,24H,2-3,7-8,17H2,1H3,(H,28,32)(H,29,33)/t24-/m1/s1. The lowest BCUT2D eigenvalue weighted by Gasteiger charge is -2.32. The molecule has 1 aliphatic rings. The van der Waals surface area contributed by atoms with Crippen molar-refractivity contribution in [2.45, 2.75) is 37.8 Å². The summed E-state index contributed by atoms with van der Waals surface area (Å²) in [4.78, 5) is 45.1. The van der Waals surface area contributed by atoms with Crippen LogP contribution >= 0.6 is 0 Å². The fraction of sp³-hybridized carbons (Fsp3) is 0.308. The predicted molar refractivity (Wildman–Crippen MR) is 129 cm³/mol. The van der Waals surface area contributed by atoms with Gasteiger partial charge in [0.05, 0.1) is 19.9 Å². The van der Waals surface area contributed by atoms with Gasteiger partial charge in [-0.25, -0.2) is 0 Å². The number of benzene rings is 1. The molecule has 1 atom stereocenters. The van der Waals surface area contributed by atoms with Gasteiger partial charge in [-0.2, -0.15) is 0 Å². The Morgan fingerprint density at radius 2 is 1.89 bits per heavy atom. The molecular formula is C26H28N4O5. The van der Waals surface area contributed by atoms with Crippen LogP contribution in [0.2, 0.25) is 0 Å². The van der Waals surface area contributed by atoms with Crippen molar-refractivity contribution in [2.24, 2.45) is 0 Å². The Hall–Kier alpha value is -4.14. The van der Waals surface area contributed by atoms with E-state index < -0.39 is 17.9 Å². The first-order valence-electron chi connectivity index (χ1n) is 11.5. The third kappa shape index (κ3) is 5.87. The topological polar surface area (TPSA) is 114 Å². The monoisotopic (exact) mass is 476 g/mol. The number of hydrogen-bond acceptors (Lipinski definition) is 6. The zero-order valence-corrected chi connectivity index (χ0v) is 19.5. The third-order valence-electron chi connectivity index (χ3n) is 5.97. The number of furan rings is 1. The van der Waals surface area contributed by atoms with Crippen LogP contribution in [0.3, 0.4) is 0 Å². The Morgan fingerprint density at radius 3 is 2.51 bits per heavy atom. The molecule has 9 heteroatoms. The van der Waals surface area contributed by atoms with Crippen LogP contribution in [0.4, 0.5) is 5.69 Å². The predicted octanol–water partition coefficient (Wildman–Crippen LogP) is 3.25. The SMILES string of the molecule is COc1ccc(N(C(=O)CNC(=O)c2ccco2)[C@@H](C(=O)NC2CCCC2)c2cccnc2)cc1. The van der Waals surface area contributed by atoms with Crippen molar-refractivity contribution in [3.63, 3.8) is 0 Å².